The first-order valence-electron chi connectivity index (χ1n) is 8.07. The summed E-state index contributed by atoms with van der Waals surface area (Å²) in [5.74, 6) is 1.44. The number of benzene rings is 1. The van der Waals surface area contributed by atoms with Gasteiger partial charge in [-0.3, -0.25) is 0 Å². The van der Waals surface area contributed by atoms with Crippen LogP contribution in [0.2, 0.25) is 0 Å². The van der Waals surface area contributed by atoms with Crippen molar-refractivity contribution in [3.63, 3.8) is 0 Å². The monoisotopic (exact) mass is 327 g/mol. The molecule has 0 spiro atoms. The average molecular weight is 327 g/mol. The lowest BCUT2D eigenvalue weighted by molar-refractivity contribution is 0.242. The molecule has 0 unspecified atom stereocenters. The van der Waals surface area contributed by atoms with E-state index in [1.807, 2.05) is 32.2 Å². The van der Waals surface area contributed by atoms with Gasteiger partial charge in [0, 0.05) is 11.8 Å². The van der Waals surface area contributed by atoms with Crippen molar-refractivity contribution in [1.29, 1.82) is 0 Å². The van der Waals surface area contributed by atoms with Gasteiger partial charge in [0.25, 0.3) is 0 Å². The van der Waals surface area contributed by atoms with Crippen molar-refractivity contribution in [2.24, 2.45) is 5.92 Å². The van der Waals surface area contributed by atoms with Crippen molar-refractivity contribution < 1.29 is 4.74 Å². The molecule has 1 aromatic heterocycles. The smallest absolute Gasteiger partial charge is 0.123 e. The highest BCUT2D eigenvalue weighted by Gasteiger charge is 2.07. The van der Waals surface area contributed by atoms with Gasteiger partial charge in [0.05, 0.1) is 11.0 Å². The average Bonchev–Trinajstić information content (AvgIpc) is 2.97. The Morgan fingerprint density at radius 3 is 2.39 bits per heavy atom. The maximum atomic E-state index is 5.69. The number of hydrogen-bond donors (Lipinski definition) is 0. The SMILES string of the molecule is C/C=C(\C=C/C(C)C)c1ncc(-c2ccc(OC(C)C)cc2)s1. The second-order valence-electron chi connectivity index (χ2n) is 6.07. The second kappa shape index (κ2) is 8.11. The van der Waals surface area contributed by atoms with Gasteiger partial charge in [-0.05, 0) is 56.5 Å². The van der Waals surface area contributed by atoms with Gasteiger partial charge in [0.2, 0.25) is 0 Å². The van der Waals surface area contributed by atoms with E-state index in [0.29, 0.717) is 5.92 Å². The third-order valence-corrected chi connectivity index (χ3v) is 4.33. The summed E-state index contributed by atoms with van der Waals surface area (Å²) >= 11 is 1.72. The molecule has 0 fully saturated rings. The summed E-state index contributed by atoms with van der Waals surface area (Å²) in [7, 11) is 0. The highest BCUT2D eigenvalue weighted by Crippen LogP contribution is 2.31. The van der Waals surface area contributed by atoms with Crippen molar-refractivity contribution in [3.05, 3.63) is 53.7 Å². The van der Waals surface area contributed by atoms with Crippen LogP contribution in [0.3, 0.4) is 0 Å². The summed E-state index contributed by atoms with van der Waals surface area (Å²) in [5, 5.41) is 1.06. The Bertz CT molecular complexity index is 678. The van der Waals surface area contributed by atoms with Gasteiger partial charge < -0.3 is 4.74 Å². The fraction of sp³-hybridized carbons (Fsp3) is 0.350. The Morgan fingerprint density at radius 1 is 1.13 bits per heavy atom. The predicted molar refractivity (Wildman–Crippen MR) is 101 cm³/mol. The third-order valence-electron chi connectivity index (χ3n) is 3.23. The zero-order valence-corrected chi connectivity index (χ0v) is 15.4. The number of nitrogens with zero attached hydrogens (tertiary/aromatic N) is 1. The molecule has 0 aliphatic carbocycles. The van der Waals surface area contributed by atoms with Crippen LogP contribution in [0.25, 0.3) is 16.0 Å². The topological polar surface area (TPSA) is 22.1 Å². The van der Waals surface area contributed by atoms with Gasteiger partial charge >= 0.3 is 0 Å². The molecule has 1 heterocycles. The van der Waals surface area contributed by atoms with E-state index in [9.17, 15) is 0 Å². The molecule has 0 atom stereocenters. The number of aromatic nitrogens is 1. The fourth-order valence-electron chi connectivity index (χ4n) is 2.10. The summed E-state index contributed by atoms with van der Waals surface area (Å²) in [4.78, 5) is 5.75. The quantitative estimate of drug-likeness (QED) is 0.588. The molecular formula is C20H25NOS. The van der Waals surface area contributed by atoms with Gasteiger partial charge in [-0.1, -0.05) is 32.1 Å². The molecule has 2 aromatic rings. The zero-order valence-electron chi connectivity index (χ0n) is 14.5. The first kappa shape index (κ1) is 17.5. The molecule has 0 saturated carbocycles. The van der Waals surface area contributed by atoms with Crippen LogP contribution in [0.4, 0.5) is 0 Å². The van der Waals surface area contributed by atoms with Gasteiger partial charge in [-0.15, -0.1) is 11.3 Å². The molecule has 2 rings (SSSR count). The van der Waals surface area contributed by atoms with Crippen LogP contribution in [0.1, 0.15) is 39.6 Å². The van der Waals surface area contributed by atoms with Crippen LogP contribution in [0.5, 0.6) is 5.75 Å². The predicted octanol–water partition coefficient (Wildman–Crippen LogP) is 6.21. The van der Waals surface area contributed by atoms with E-state index in [2.05, 4.69) is 56.1 Å². The van der Waals surface area contributed by atoms with Crippen LogP contribution in [0.15, 0.2) is 48.7 Å². The van der Waals surface area contributed by atoms with E-state index in [4.69, 9.17) is 4.74 Å². The van der Waals surface area contributed by atoms with Crippen LogP contribution in [0, 0.1) is 5.92 Å². The summed E-state index contributed by atoms with van der Waals surface area (Å²) in [6, 6.07) is 8.22. The Labute approximate surface area is 143 Å². The molecule has 0 aliphatic rings. The number of allylic oxidation sites excluding steroid dienone is 4. The molecule has 23 heavy (non-hydrogen) atoms. The summed E-state index contributed by atoms with van der Waals surface area (Å²) < 4.78 is 5.69. The van der Waals surface area contributed by atoms with Crippen LogP contribution in [-0.4, -0.2) is 11.1 Å². The zero-order chi connectivity index (χ0) is 16.8. The largest absolute Gasteiger partial charge is 0.491 e. The maximum Gasteiger partial charge on any atom is 0.123 e. The lowest BCUT2D eigenvalue weighted by Crippen LogP contribution is -2.04. The van der Waals surface area contributed by atoms with E-state index in [1.54, 1.807) is 11.3 Å². The molecular weight excluding hydrogens is 302 g/mol. The van der Waals surface area contributed by atoms with Crippen LogP contribution >= 0.6 is 11.3 Å². The van der Waals surface area contributed by atoms with Gasteiger partial charge in [0.1, 0.15) is 10.8 Å². The van der Waals surface area contributed by atoms with Crippen LogP contribution < -0.4 is 4.74 Å². The lowest BCUT2D eigenvalue weighted by Gasteiger charge is -2.09. The molecule has 0 saturated heterocycles. The Hall–Kier alpha value is -1.87. The van der Waals surface area contributed by atoms with Crippen molar-refractivity contribution >= 4 is 16.9 Å². The normalized spacial score (nSPS) is 12.6. The fourth-order valence-corrected chi connectivity index (χ4v) is 3.07. The Balaban J connectivity index is 2.18. The molecule has 0 N–H and O–H groups in total. The van der Waals surface area contributed by atoms with Gasteiger partial charge in [0.15, 0.2) is 0 Å². The van der Waals surface area contributed by atoms with Crippen molar-refractivity contribution in [2.75, 3.05) is 0 Å². The summed E-state index contributed by atoms with van der Waals surface area (Å²) in [5.41, 5.74) is 2.35. The Morgan fingerprint density at radius 2 is 1.83 bits per heavy atom. The highest BCUT2D eigenvalue weighted by atomic mass is 32.1. The molecule has 122 valence electrons. The second-order valence-corrected chi connectivity index (χ2v) is 7.10. The lowest BCUT2D eigenvalue weighted by atomic mass is 10.1. The highest BCUT2D eigenvalue weighted by molar-refractivity contribution is 7.16. The van der Waals surface area contributed by atoms with E-state index >= 15 is 0 Å². The Kier molecular flexibility index (Phi) is 6.17. The van der Waals surface area contributed by atoms with Gasteiger partial charge in [-0.25, -0.2) is 4.98 Å². The summed E-state index contributed by atoms with van der Waals surface area (Å²) in [6.07, 6.45) is 8.62. The standard InChI is InChI=1S/C20H25NOS/c1-6-16(8-7-14(2)3)20-21-13-19(23-20)17-9-11-18(12-10-17)22-15(4)5/h6-15H,1-5H3/b8-7-,16-6+. The number of ether oxygens (including phenoxy) is 1. The molecule has 0 radical (unpaired) electrons. The molecule has 1 aromatic carbocycles. The van der Waals surface area contributed by atoms with E-state index in [1.165, 1.54) is 16.0 Å². The van der Waals surface area contributed by atoms with Crippen molar-refractivity contribution in [1.82, 2.24) is 4.98 Å². The first-order valence-corrected chi connectivity index (χ1v) is 8.89. The molecule has 0 aliphatic heterocycles. The van der Waals surface area contributed by atoms with Crippen molar-refractivity contribution in [2.45, 2.75) is 40.7 Å². The van der Waals surface area contributed by atoms with Gasteiger partial charge in [-0.2, -0.15) is 0 Å². The van der Waals surface area contributed by atoms with Crippen molar-refractivity contribution in [3.8, 4) is 16.2 Å². The minimum absolute atomic E-state index is 0.195. The molecule has 0 amide bonds. The number of thiazole rings is 1. The minimum atomic E-state index is 0.195. The molecule has 0 bridgehead atoms. The number of rotatable bonds is 6. The molecule has 2 nitrogen and oxygen atoms in total. The van der Waals surface area contributed by atoms with E-state index in [-0.39, 0.29) is 6.10 Å². The first-order chi connectivity index (χ1) is 11.0. The summed E-state index contributed by atoms with van der Waals surface area (Å²) in [6.45, 7) is 10.5. The number of hydrogen-bond acceptors (Lipinski definition) is 3. The van der Waals surface area contributed by atoms with E-state index in [0.717, 1.165) is 10.8 Å². The maximum absolute atomic E-state index is 5.69. The molecule has 3 heteroatoms. The van der Waals surface area contributed by atoms with E-state index < -0.39 is 0 Å². The minimum Gasteiger partial charge on any atom is -0.491 e. The third kappa shape index (κ3) is 5.07. The van der Waals surface area contributed by atoms with Crippen LogP contribution in [-0.2, 0) is 0 Å².